The van der Waals surface area contributed by atoms with Gasteiger partial charge in [0.05, 0.1) is 12.0 Å². The van der Waals surface area contributed by atoms with Crippen molar-refractivity contribution in [1.82, 2.24) is 4.90 Å². The van der Waals surface area contributed by atoms with Crippen molar-refractivity contribution < 1.29 is 9.18 Å². The van der Waals surface area contributed by atoms with Gasteiger partial charge >= 0.3 is 0 Å². The standard InChI is InChI=1S/C25H25FN4OS2/c1-25(2)12-22-21(15-30(25)14-17-4-3-5-18(26)10-17)20(13-27)24(32-22)29-23(31)11-16-6-8-19(33-28)9-7-16/h3-10H,11-12,14-15,28H2,1-2H3,(H,29,31). The van der Waals surface area contributed by atoms with Crippen LogP contribution in [-0.4, -0.2) is 16.3 Å². The van der Waals surface area contributed by atoms with Gasteiger partial charge in [0, 0.05) is 40.4 Å². The quantitative estimate of drug-likeness (QED) is 0.472. The number of carbonyl (C=O) groups is 1. The molecule has 8 heteroatoms. The van der Waals surface area contributed by atoms with Crippen molar-refractivity contribution in [3.8, 4) is 6.07 Å². The van der Waals surface area contributed by atoms with E-state index < -0.39 is 0 Å². The van der Waals surface area contributed by atoms with Crippen LogP contribution in [0, 0.1) is 17.1 Å². The lowest BCUT2D eigenvalue weighted by molar-refractivity contribution is -0.115. The number of nitrogens with two attached hydrogens (primary N) is 1. The second-order valence-corrected chi connectivity index (χ2v) is 10.6. The molecule has 1 amide bonds. The molecule has 1 aliphatic heterocycles. The smallest absolute Gasteiger partial charge is 0.229 e. The van der Waals surface area contributed by atoms with E-state index in [0.29, 0.717) is 23.7 Å². The third-order valence-corrected chi connectivity index (χ3v) is 7.63. The monoisotopic (exact) mass is 480 g/mol. The zero-order valence-electron chi connectivity index (χ0n) is 18.5. The fourth-order valence-corrected chi connectivity index (χ4v) is 5.80. The van der Waals surface area contributed by atoms with E-state index in [-0.39, 0.29) is 23.7 Å². The molecule has 0 unspecified atom stereocenters. The number of nitrogens with zero attached hydrogens (tertiary/aromatic N) is 2. The van der Waals surface area contributed by atoms with Crippen LogP contribution in [0.2, 0.25) is 0 Å². The maximum absolute atomic E-state index is 13.7. The van der Waals surface area contributed by atoms with Crippen LogP contribution in [0.5, 0.6) is 0 Å². The Kier molecular flexibility index (Phi) is 6.86. The van der Waals surface area contributed by atoms with Crippen molar-refractivity contribution >= 4 is 34.2 Å². The number of carbonyl (C=O) groups excluding carboxylic acids is 1. The summed E-state index contributed by atoms with van der Waals surface area (Å²) in [4.78, 5) is 17.0. The molecule has 0 bridgehead atoms. The number of anilines is 1. The summed E-state index contributed by atoms with van der Waals surface area (Å²) in [6.45, 7) is 5.47. The molecule has 2 aromatic carbocycles. The van der Waals surface area contributed by atoms with Crippen molar-refractivity contribution in [1.29, 1.82) is 5.26 Å². The number of fused-ring (bicyclic) bond motifs is 1. The summed E-state index contributed by atoms with van der Waals surface area (Å²) in [5, 5.41) is 19.0. The Morgan fingerprint density at radius 3 is 2.70 bits per heavy atom. The lowest BCUT2D eigenvalue weighted by Crippen LogP contribution is -2.47. The molecular weight excluding hydrogens is 455 g/mol. The first kappa shape index (κ1) is 23.5. The molecule has 0 spiro atoms. The van der Waals surface area contributed by atoms with Gasteiger partial charge in [-0.25, -0.2) is 4.39 Å². The number of amides is 1. The van der Waals surface area contributed by atoms with E-state index in [4.69, 9.17) is 5.14 Å². The second-order valence-electron chi connectivity index (χ2n) is 8.78. The molecule has 0 fully saturated rings. The van der Waals surface area contributed by atoms with E-state index in [0.717, 1.165) is 44.8 Å². The number of hydrogen-bond acceptors (Lipinski definition) is 6. The van der Waals surface area contributed by atoms with Crippen LogP contribution in [-0.2, 0) is 30.7 Å². The molecule has 1 aromatic heterocycles. The summed E-state index contributed by atoms with van der Waals surface area (Å²) in [7, 11) is 0. The maximum atomic E-state index is 13.7. The van der Waals surface area contributed by atoms with Gasteiger partial charge in [-0.05, 0) is 61.2 Å². The van der Waals surface area contributed by atoms with E-state index >= 15 is 0 Å². The van der Waals surface area contributed by atoms with E-state index in [2.05, 4.69) is 30.1 Å². The predicted octanol–water partition coefficient (Wildman–Crippen LogP) is 5.24. The highest BCUT2D eigenvalue weighted by Crippen LogP contribution is 2.42. The van der Waals surface area contributed by atoms with Crippen molar-refractivity contribution in [3.05, 3.63) is 81.5 Å². The zero-order chi connectivity index (χ0) is 23.6. The maximum Gasteiger partial charge on any atom is 0.229 e. The van der Waals surface area contributed by atoms with Gasteiger partial charge in [-0.15, -0.1) is 11.3 Å². The molecule has 0 radical (unpaired) electrons. The van der Waals surface area contributed by atoms with E-state index in [1.165, 1.54) is 17.4 Å². The van der Waals surface area contributed by atoms with Crippen LogP contribution in [0.4, 0.5) is 9.39 Å². The third-order valence-electron chi connectivity index (χ3n) is 5.94. The molecule has 2 heterocycles. The third kappa shape index (κ3) is 5.28. The summed E-state index contributed by atoms with van der Waals surface area (Å²) in [6.07, 6.45) is 0.977. The summed E-state index contributed by atoms with van der Waals surface area (Å²) in [5.74, 6) is -0.410. The van der Waals surface area contributed by atoms with E-state index in [1.54, 1.807) is 12.1 Å². The highest BCUT2D eigenvalue weighted by atomic mass is 32.2. The number of nitriles is 1. The summed E-state index contributed by atoms with van der Waals surface area (Å²) < 4.78 is 13.7. The number of hydrogen-bond donors (Lipinski definition) is 2. The molecule has 1 aliphatic rings. The lowest BCUT2D eigenvalue weighted by atomic mass is 9.89. The van der Waals surface area contributed by atoms with Gasteiger partial charge in [-0.1, -0.05) is 24.3 Å². The van der Waals surface area contributed by atoms with Gasteiger partial charge in [0.2, 0.25) is 5.91 Å². The van der Waals surface area contributed by atoms with Crippen molar-refractivity contribution in [3.63, 3.8) is 0 Å². The van der Waals surface area contributed by atoms with E-state index in [1.807, 2.05) is 30.3 Å². The van der Waals surface area contributed by atoms with Crippen LogP contribution in [0.15, 0.2) is 53.4 Å². The normalized spacial score (nSPS) is 15.0. The SMILES string of the molecule is CC1(C)Cc2sc(NC(=O)Cc3ccc(SN)cc3)c(C#N)c2CN1Cc1cccc(F)c1. The van der Waals surface area contributed by atoms with Gasteiger partial charge in [0.1, 0.15) is 16.9 Å². The minimum Gasteiger partial charge on any atom is -0.316 e. The number of benzene rings is 2. The summed E-state index contributed by atoms with van der Waals surface area (Å²) >= 11 is 2.65. The molecular formula is C25H25FN4OS2. The first-order valence-corrected chi connectivity index (χ1v) is 12.3. The van der Waals surface area contributed by atoms with Crippen molar-refractivity contribution in [2.75, 3.05) is 5.32 Å². The highest BCUT2D eigenvalue weighted by Gasteiger charge is 2.36. The Hall–Kier alpha value is -2.70. The Morgan fingerprint density at radius 1 is 1.27 bits per heavy atom. The molecule has 0 saturated carbocycles. The number of thiophene rings is 1. The van der Waals surface area contributed by atoms with Gasteiger partial charge in [-0.2, -0.15) is 5.26 Å². The van der Waals surface area contributed by atoms with Gasteiger partial charge in [-0.3, -0.25) is 14.8 Å². The minimum atomic E-state index is -0.252. The topological polar surface area (TPSA) is 82.1 Å². The van der Waals surface area contributed by atoms with Gasteiger partial charge in [0.25, 0.3) is 0 Å². The number of halogens is 1. The Balaban J connectivity index is 1.53. The molecule has 0 atom stereocenters. The average Bonchev–Trinajstić information content (AvgIpc) is 3.09. The molecule has 170 valence electrons. The Morgan fingerprint density at radius 2 is 2.03 bits per heavy atom. The molecule has 33 heavy (non-hydrogen) atoms. The first-order valence-electron chi connectivity index (χ1n) is 10.6. The van der Waals surface area contributed by atoms with Crippen LogP contribution >= 0.6 is 23.3 Å². The fraction of sp³-hybridized carbons (Fsp3) is 0.280. The van der Waals surface area contributed by atoms with Gasteiger partial charge in [0.15, 0.2) is 0 Å². The first-order chi connectivity index (χ1) is 15.8. The molecule has 5 nitrogen and oxygen atoms in total. The van der Waals surface area contributed by atoms with Crippen molar-refractivity contribution in [2.24, 2.45) is 5.14 Å². The Bertz CT molecular complexity index is 1210. The molecule has 0 aliphatic carbocycles. The summed E-state index contributed by atoms with van der Waals surface area (Å²) in [5.41, 5.74) is 3.09. The fourth-order valence-electron chi connectivity index (χ4n) is 4.11. The molecule has 3 N–H and O–H groups in total. The van der Waals surface area contributed by atoms with Crippen LogP contribution in [0.1, 0.15) is 41.0 Å². The van der Waals surface area contributed by atoms with Crippen LogP contribution in [0.25, 0.3) is 0 Å². The highest BCUT2D eigenvalue weighted by molar-refractivity contribution is 7.97. The van der Waals surface area contributed by atoms with E-state index in [9.17, 15) is 14.4 Å². The molecule has 0 saturated heterocycles. The van der Waals surface area contributed by atoms with Crippen molar-refractivity contribution in [2.45, 2.75) is 50.2 Å². The lowest BCUT2D eigenvalue weighted by Gasteiger charge is -2.42. The zero-order valence-corrected chi connectivity index (χ0v) is 20.2. The van der Waals surface area contributed by atoms with Crippen LogP contribution in [0.3, 0.4) is 0 Å². The predicted molar refractivity (Wildman–Crippen MR) is 131 cm³/mol. The summed E-state index contributed by atoms with van der Waals surface area (Å²) in [6, 6.07) is 16.5. The number of rotatable bonds is 6. The molecule has 4 rings (SSSR count). The minimum absolute atomic E-state index is 0.158. The number of nitrogens with one attached hydrogen (secondary N) is 1. The molecule has 3 aromatic rings. The van der Waals surface area contributed by atoms with Gasteiger partial charge < -0.3 is 5.32 Å². The van der Waals surface area contributed by atoms with Crippen LogP contribution < -0.4 is 10.5 Å². The Labute approximate surface area is 201 Å². The second kappa shape index (κ2) is 9.65. The largest absolute Gasteiger partial charge is 0.316 e. The average molecular weight is 481 g/mol.